The molecule has 0 aromatic heterocycles. The van der Waals surface area contributed by atoms with Crippen LogP contribution in [-0.2, 0) is 0 Å². The van der Waals surface area contributed by atoms with Crippen LogP contribution >= 0.6 is 28.1 Å². The highest BCUT2D eigenvalue weighted by Gasteiger charge is 2.03. The molecule has 3 nitrogen and oxygen atoms in total. The van der Waals surface area contributed by atoms with E-state index in [2.05, 4.69) is 21.2 Å². The van der Waals surface area contributed by atoms with Gasteiger partial charge in [0.1, 0.15) is 17.3 Å². The van der Waals surface area contributed by atoms with Crippen LogP contribution in [0.5, 0.6) is 5.75 Å². The fourth-order valence-electron chi connectivity index (χ4n) is 1.68. The average molecular weight is 351 g/mol. The molecule has 2 rings (SSSR count). The summed E-state index contributed by atoms with van der Waals surface area (Å²) in [7, 11) is 0. The van der Waals surface area contributed by atoms with Gasteiger partial charge in [0.15, 0.2) is 0 Å². The first-order chi connectivity index (χ1) is 9.66. The normalized spacial score (nSPS) is 10.1. The monoisotopic (exact) mass is 350 g/mol. The largest absolute Gasteiger partial charge is 0.492 e. The third-order valence-corrected chi connectivity index (χ3v) is 3.57. The van der Waals surface area contributed by atoms with Gasteiger partial charge in [-0.15, -0.1) is 0 Å². The lowest BCUT2D eigenvalue weighted by molar-refractivity contribution is 0.333. The maximum atomic E-state index is 5.61. The number of nitrogens with two attached hydrogens (primary N) is 1. The summed E-state index contributed by atoms with van der Waals surface area (Å²) in [5.41, 5.74) is 7.42. The van der Waals surface area contributed by atoms with E-state index in [1.807, 2.05) is 48.5 Å². The molecule has 2 aromatic carbocycles. The highest BCUT2D eigenvalue weighted by molar-refractivity contribution is 9.10. The fourth-order valence-corrected chi connectivity index (χ4v) is 2.33. The molecule has 0 aliphatic carbocycles. The van der Waals surface area contributed by atoms with E-state index in [1.165, 1.54) is 0 Å². The van der Waals surface area contributed by atoms with Crippen molar-refractivity contribution in [2.24, 2.45) is 5.73 Å². The first kappa shape index (κ1) is 14.8. The summed E-state index contributed by atoms with van der Waals surface area (Å²) in [6.07, 6.45) is 0. The number of thiocarbonyl (C=S) groups is 1. The van der Waals surface area contributed by atoms with Crippen LogP contribution in [0.4, 0.5) is 5.69 Å². The second-order valence-corrected chi connectivity index (χ2v) is 5.44. The molecule has 0 amide bonds. The zero-order valence-corrected chi connectivity index (χ0v) is 13.2. The van der Waals surface area contributed by atoms with Gasteiger partial charge in [0.2, 0.25) is 0 Å². The first-order valence-electron chi connectivity index (χ1n) is 6.18. The summed E-state index contributed by atoms with van der Waals surface area (Å²) in [6, 6.07) is 15.5. The van der Waals surface area contributed by atoms with Crippen molar-refractivity contribution in [2.45, 2.75) is 0 Å². The lowest BCUT2D eigenvalue weighted by atomic mass is 10.2. The van der Waals surface area contributed by atoms with Gasteiger partial charge in [0, 0.05) is 22.3 Å². The lowest BCUT2D eigenvalue weighted by Gasteiger charge is -2.11. The van der Waals surface area contributed by atoms with Crippen LogP contribution in [0, 0.1) is 0 Å². The maximum absolute atomic E-state index is 5.61. The molecular formula is C15H15BrN2OS. The molecule has 0 bridgehead atoms. The molecule has 3 N–H and O–H groups in total. The van der Waals surface area contributed by atoms with Gasteiger partial charge in [0.05, 0.1) is 0 Å². The molecule has 20 heavy (non-hydrogen) atoms. The van der Waals surface area contributed by atoms with Gasteiger partial charge < -0.3 is 15.8 Å². The quantitative estimate of drug-likeness (QED) is 0.617. The molecule has 0 aliphatic rings. The zero-order chi connectivity index (χ0) is 14.4. The predicted molar refractivity (Wildman–Crippen MR) is 90.5 cm³/mol. The Kier molecular flexibility index (Phi) is 5.38. The summed E-state index contributed by atoms with van der Waals surface area (Å²) in [5, 5.41) is 3.29. The van der Waals surface area contributed by atoms with Crippen molar-refractivity contribution in [3.8, 4) is 5.75 Å². The fraction of sp³-hybridized carbons (Fsp3) is 0.133. The van der Waals surface area contributed by atoms with Crippen molar-refractivity contribution < 1.29 is 4.74 Å². The number of rotatable bonds is 6. The number of anilines is 1. The number of nitrogens with one attached hydrogen (secondary N) is 1. The SMILES string of the molecule is NC(=S)c1ccc(NCCOc2ccccc2)c(Br)c1. The molecule has 104 valence electrons. The van der Waals surface area contributed by atoms with Crippen LogP contribution in [-0.4, -0.2) is 18.1 Å². The van der Waals surface area contributed by atoms with Gasteiger partial charge in [-0.1, -0.05) is 30.4 Å². The van der Waals surface area contributed by atoms with E-state index in [4.69, 9.17) is 22.7 Å². The van der Waals surface area contributed by atoms with E-state index in [9.17, 15) is 0 Å². The molecule has 0 spiro atoms. The molecule has 0 saturated heterocycles. The Morgan fingerprint density at radius 1 is 1.20 bits per heavy atom. The highest BCUT2D eigenvalue weighted by atomic mass is 79.9. The van der Waals surface area contributed by atoms with Crippen LogP contribution < -0.4 is 15.8 Å². The number of hydrogen-bond donors (Lipinski definition) is 2. The molecule has 5 heteroatoms. The third kappa shape index (κ3) is 4.21. The van der Waals surface area contributed by atoms with Crippen molar-refractivity contribution in [2.75, 3.05) is 18.5 Å². The third-order valence-electron chi connectivity index (χ3n) is 2.68. The Morgan fingerprint density at radius 2 is 1.95 bits per heavy atom. The van der Waals surface area contributed by atoms with E-state index in [0.717, 1.165) is 21.5 Å². The Hall–Kier alpha value is -1.59. The second-order valence-electron chi connectivity index (χ2n) is 4.15. The van der Waals surface area contributed by atoms with Crippen LogP contribution in [0.3, 0.4) is 0 Å². The van der Waals surface area contributed by atoms with Gasteiger partial charge in [-0.25, -0.2) is 0 Å². The molecule has 0 atom stereocenters. The minimum absolute atomic E-state index is 0.393. The molecule has 0 radical (unpaired) electrons. The van der Waals surface area contributed by atoms with E-state index >= 15 is 0 Å². The summed E-state index contributed by atoms with van der Waals surface area (Å²) in [4.78, 5) is 0.393. The van der Waals surface area contributed by atoms with E-state index in [1.54, 1.807) is 0 Å². The number of benzene rings is 2. The first-order valence-corrected chi connectivity index (χ1v) is 7.38. The number of halogens is 1. The average Bonchev–Trinajstić information content (AvgIpc) is 2.46. The summed E-state index contributed by atoms with van der Waals surface area (Å²) >= 11 is 8.44. The number of hydrogen-bond acceptors (Lipinski definition) is 3. The Labute approximate surface area is 132 Å². The van der Waals surface area contributed by atoms with Crippen molar-refractivity contribution >= 4 is 38.8 Å². The summed E-state index contributed by atoms with van der Waals surface area (Å²) < 4.78 is 6.54. The standard InChI is InChI=1S/C15H15BrN2OS/c16-13-10-11(15(17)20)6-7-14(13)18-8-9-19-12-4-2-1-3-5-12/h1-7,10,18H,8-9H2,(H2,17,20). The molecule has 0 unspecified atom stereocenters. The van der Waals surface area contributed by atoms with Gasteiger partial charge >= 0.3 is 0 Å². The second kappa shape index (κ2) is 7.26. The van der Waals surface area contributed by atoms with Crippen molar-refractivity contribution in [3.63, 3.8) is 0 Å². The number of ether oxygens (including phenoxy) is 1. The Bertz CT molecular complexity index is 590. The predicted octanol–water partition coefficient (Wildman–Crippen LogP) is 3.57. The van der Waals surface area contributed by atoms with E-state index < -0.39 is 0 Å². The van der Waals surface area contributed by atoms with Crippen LogP contribution in [0.2, 0.25) is 0 Å². The molecule has 0 saturated carbocycles. The minimum atomic E-state index is 0.393. The molecule has 0 fully saturated rings. The molecule has 2 aromatic rings. The van der Waals surface area contributed by atoms with Gasteiger partial charge in [-0.2, -0.15) is 0 Å². The molecule has 0 heterocycles. The van der Waals surface area contributed by atoms with Crippen LogP contribution in [0.25, 0.3) is 0 Å². The van der Waals surface area contributed by atoms with Crippen LogP contribution in [0.1, 0.15) is 5.56 Å². The van der Waals surface area contributed by atoms with Gasteiger partial charge in [0.25, 0.3) is 0 Å². The molecule has 0 aliphatic heterocycles. The topological polar surface area (TPSA) is 47.3 Å². The number of para-hydroxylation sites is 1. The van der Waals surface area contributed by atoms with Crippen LogP contribution in [0.15, 0.2) is 53.0 Å². The van der Waals surface area contributed by atoms with Gasteiger partial charge in [-0.05, 0) is 46.3 Å². The summed E-state index contributed by atoms with van der Waals surface area (Å²) in [6.45, 7) is 1.30. The Morgan fingerprint density at radius 3 is 2.60 bits per heavy atom. The van der Waals surface area contributed by atoms with Crippen molar-refractivity contribution in [1.82, 2.24) is 0 Å². The highest BCUT2D eigenvalue weighted by Crippen LogP contribution is 2.23. The zero-order valence-electron chi connectivity index (χ0n) is 10.8. The van der Waals surface area contributed by atoms with Crippen molar-refractivity contribution in [1.29, 1.82) is 0 Å². The Balaban J connectivity index is 1.84. The smallest absolute Gasteiger partial charge is 0.119 e. The molecular weight excluding hydrogens is 336 g/mol. The van der Waals surface area contributed by atoms with E-state index in [0.29, 0.717) is 18.1 Å². The van der Waals surface area contributed by atoms with E-state index in [-0.39, 0.29) is 0 Å². The van der Waals surface area contributed by atoms with Crippen molar-refractivity contribution in [3.05, 3.63) is 58.6 Å². The lowest BCUT2D eigenvalue weighted by Crippen LogP contribution is -2.13. The summed E-state index contributed by atoms with van der Waals surface area (Å²) in [5.74, 6) is 0.872. The van der Waals surface area contributed by atoms with Gasteiger partial charge in [-0.3, -0.25) is 0 Å². The maximum Gasteiger partial charge on any atom is 0.119 e. The minimum Gasteiger partial charge on any atom is -0.492 e.